The van der Waals surface area contributed by atoms with Crippen molar-refractivity contribution in [3.8, 4) is 0 Å². The van der Waals surface area contributed by atoms with Crippen LogP contribution in [-0.2, 0) is 0 Å². The minimum atomic E-state index is -2.84. The zero-order chi connectivity index (χ0) is 14.6. The number of carbonyl (C=O) groups excluding carboxylic acids is 1. The molecule has 0 radical (unpaired) electrons. The van der Waals surface area contributed by atoms with Gasteiger partial charge in [-0.15, -0.1) is 0 Å². The molecule has 1 aromatic heterocycles. The van der Waals surface area contributed by atoms with E-state index in [-0.39, 0.29) is 18.9 Å². The third-order valence-electron chi connectivity index (χ3n) is 2.51. The first-order valence-electron chi connectivity index (χ1n) is 5.25. The number of rotatable bonds is 6. The van der Waals surface area contributed by atoms with E-state index in [1.54, 1.807) is 11.0 Å². The molecule has 0 fully saturated rings. The summed E-state index contributed by atoms with van der Waals surface area (Å²) in [6.45, 7) is 1.16. The van der Waals surface area contributed by atoms with Crippen molar-refractivity contribution in [2.45, 2.75) is 31.0 Å². The summed E-state index contributed by atoms with van der Waals surface area (Å²) in [4.78, 5) is 16.1. The molecule has 104 valence electrons. The zero-order valence-corrected chi connectivity index (χ0v) is 11.6. The summed E-state index contributed by atoms with van der Waals surface area (Å²) >= 11 is -0.342. The molecule has 19 heavy (non-hydrogen) atoms. The summed E-state index contributed by atoms with van der Waals surface area (Å²) in [5.41, 5.74) is 5.58. The van der Waals surface area contributed by atoms with Gasteiger partial charge in [0.2, 0.25) is 0 Å². The van der Waals surface area contributed by atoms with E-state index in [0.29, 0.717) is 0 Å². The van der Waals surface area contributed by atoms with Crippen molar-refractivity contribution in [2.75, 3.05) is 0 Å². The standard InChI is InChI=1S/C10H13N3O5Se/c1-5(14)7(15)9(17)10(18,12-13-11)8(16)6-3-2-4-19-6/h2-5,7,9,14-15,17-18H,1H3/t5-,7+,9+,10+/m0/s1. The van der Waals surface area contributed by atoms with Crippen molar-refractivity contribution in [3.05, 3.63) is 32.0 Å². The summed E-state index contributed by atoms with van der Waals surface area (Å²) in [6.07, 6.45) is -5.38. The number of hydrogen-bond donors (Lipinski definition) is 4. The molecule has 0 aliphatic rings. The van der Waals surface area contributed by atoms with Gasteiger partial charge in [0.15, 0.2) is 0 Å². The Bertz CT molecular complexity index is 485. The first kappa shape index (κ1) is 15.9. The molecule has 1 rings (SSSR count). The Hall–Kier alpha value is -1.18. The van der Waals surface area contributed by atoms with Crippen LogP contribution in [0.2, 0.25) is 0 Å². The number of Topliss-reactive ketones (excluding diaryl/α,β-unsaturated/α-hetero) is 1. The Morgan fingerprint density at radius 1 is 1.53 bits per heavy atom. The summed E-state index contributed by atoms with van der Waals surface area (Å²) in [5, 5.41) is 41.5. The average Bonchev–Trinajstić information content (AvgIpc) is 2.89. The molecule has 0 unspecified atom stereocenters. The minimum absolute atomic E-state index is 0.194. The normalized spacial score (nSPS) is 18.8. The van der Waals surface area contributed by atoms with E-state index < -0.39 is 29.8 Å². The second kappa shape index (κ2) is 6.31. The van der Waals surface area contributed by atoms with Crippen LogP contribution < -0.4 is 0 Å². The zero-order valence-electron chi connectivity index (χ0n) is 9.91. The summed E-state index contributed by atoms with van der Waals surface area (Å²) in [7, 11) is 0. The predicted molar refractivity (Wildman–Crippen MR) is 65.5 cm³/mol. The number of ketones is 1. The van der Waals surface area contributed by atoms with Crippen LogP contribution in [0.25, 0.3) is 10.4 Å². The van der Waals surface area contributed by atoms with Gasteiger partial charge in [-0.05, 0) is 0 Å². The molecule has 0 bridgehead atoms. The molecule has 4 N–H and O–H groups in total. The fourth-order valence-electron chi connectivity index (χ4n) is 1.40. The Kier molecular flexibility index (Phi) is 5.28. The molecule has 0 aliphatic heterocycles. The molecule has 1 aromatic rings. The van der Waals surface area contributed by atoms with Gasteiger partial charge in [0, 0.05) is 0 Å². The second-order valence-corrected chi connectivity index (χ2v) is 5.89. The molecule has 9 heteroatoms. The third kappa shape index (κ3) is 3.23. The number of aliphatic hydroxyl groups is 4. The Labute approximate surface area is 114 Å². The van der Waals surface area contributed by atoms with Crippen LogP contribution in [0.15, 0.2) is 22.2 Å². The molecule has 0 spiro atoms. The second-order valence-electron chi connectivity index (χ2n) is 3.90. The van der Waals surface area contributed by atoms with Gasteiger partial charge in [0.05, 0.1) is 0 Å². The maximum atomic E-state index is 12.1. The van der Waals surface area contributed by atoms with Crippen LogP contribution in [0.5, 0.6) is 0 Å². The molecule has 0 aromatic carbocycles. The number of hydrogen-bond acceptors (Lipinski definition) is 6. The van der Waals surface area contributed by atoms with Crippen LogP contribution in [-0.4, -0.2) is 64.7 Å². The van der Waals surface area contributed by atoms with Gasteiger partial charge in [0.1, 0.15) is 0 Å². The van der Waals surface area contributed by atoms with E-state index >= 15 is 0 Å². The summed E-state index contributed by atoms with van der Waals surface area (Å²) in [6, 6.07) is 3.03. The maximum absolute atomic E-state index is 12.1. The summed E-state index contributed by atoms with van der Waals surface area (Å²) in [5.74, 6) is -0.984. The van der Waals surface area contributed by atoms with Crippen LogP contribution in [0.4, 0.5) is 0 Å². The monoisotopic (exact) mass is 335 g/mol. The fraction of sp³-hybridized carbons (Fsp3) is 0.500. The summed E-state index contributed by atoms with van der Waals surface area (Å²) < 4.78 is 0.194. The van der Waals surface area contributed by atoms with E-state index in [1.807, 2.05) is 0 Å². The van der Waals surface area contributed by atoms with Crippen molar-refractivity contribution >= 4 is 20.3 Å². The van der Waals surface area contributed by atoms with Crippen molar-refractivity contribution in [3.63, 3.8) is 0 Å². The van der Waals surface area contributed by atoms with Gasteiger partial charge in [-0.25, -0.2) is 0 Å². The molecule has 0 amide bonds. The van der Waals surface area contributed by atoms with Gasteiger partial charge in [-0.2, -0.15) is 0 Å². The number of aliphatic hydroxyl groups excluding tert-OH is 3. The molecule has 0 saturated carbocycles. The van der Waals surface area contributed by atoms with Crippen LogP contribution >= 0.6 is 0 Å². The Morgan fingerprint density at radius 2 is 2.16 bits per heavy atom. The van der Waals surface area contributed by atoms with E-state index in [4.69, 9.17) is 5.53 Å². The van der Waals surface area contributed by atoms with E-state index in [9.17, 15) is 25.2 Å². The SMILES string of the molecule is C[C@H](O)[C@@H](O)[C@@H](O)[C@@](O)(N=[N+]=[N-])C(=O)c1ccc[se]1. The number of carbonyl (C=O) groups is 1. The number of nitrogens with zero attached hydrogens (tertiary/aromatic N) is 3. The molecule has 8 nitrogen and oxygen atoms in total. The average molecular weight is 334 g/mol. The van der Waals surface area contributed by atoms with Gasteiger partial charge in [-0.1, -0.05) is 0 Å². The first-order valence-corrected chi connectivity index (χ1v) is 7.10. The molecular weight excluding hydrogens is 321 g/mol. The molecular formula is C10H13N3O5Se. The molecule has 1 heterocycles. The van der Waals surface area contributed by atoms with E-state index in [0.717, 1.165) is 6.92 Å². The van der Waals surface area contributed by atoms with E-state index in [2.05, 4.69) is 10.0 Å². The first-order chi connectivity index (χ1) is 8.84. The Balaban J connectivity index is 3.17. The van der Waals surface area contributed by atoms with Crippen LogP contribution in [0.1, 0.15) is 16.2 Å². The molecule has 0 saturated heterocycles. The van der Waals surface area contributed by atoms with Gasteiger partial charge >= 0.3 is 114 Å². The van der Waals surface area contributed by atoms with Crippen molar-refractivity contribution in [1.82, 2.24) is 0 Å². The van der Waals surface area contributed by atoms with Gasteiger partial charge in [0.25, 0.3) is 0 Å². The van der Waals surface area contributed by atoms with Crippen molar-refractivity contribution in [2.24, 2.45) is 5.11 Å². The predicted octanol–water partition coefficient (Wildman–Crippen LogP) is -0.972. The van der Waals surface area contributed by atoms with Crippen molar-refractivity contribution in [1.29, 1.82) is 0 Å². The third-order valence-corrected chi connectivity index (χ3v) is 4.33. The molecule has 0 aliphatic carbocycles. The van der Waals surface area contributed by atoms with Crippen LogP contribution in [0, 0.1) is 0 Å². The van der Waals surface area contributed by atoms with E-state index in [1.165, 1.54) is 6.07 Å². The fourth-order valence-corrected chi connectivity index (χ4v) is 2.90. The number of azide groups is 1. The Morgan fingerprint density at radius 3 is 2.58 bits per heavy atom. The quantitative estimate of drug-likeness (QED) is 0.174. The van der Waals surface area contributed by atoms with Crippen molar-refractivity contribution < 1.29 is 25.2 Å². The molecule has 4 atom stereocenters. The van der Waals surface area contributed by atoms with Gasteiger partial charge < -0.3 is 0 Å². The topological polar surface area (TPSA) is 147 Å². The van der Waals surface area contributed by atoms with Crippen LogP contribution in [0.3, 0.4) is 0 Å². The van der Waals surface area contributed by atoms with Gasteiger partial charge in [-0.3, -0.25) is 0 Å².